The zero-order valence-corrected chi connectivity index (χ0v) is 11.7. The molecule has 98 valence electrons. The van der Waals surface area contributed by atoms with E-state index in [0.29, 0.717) is 6.61 Å². The molecule has 0 fully saturated rings. The van der Waals surface area contributed by atoms with Gasteiger partial charge in [0.25, 0.3) is 0 Å². The Bertz CT molecular complexity index is 462. The zero-order valence-electron chi connectivity index (χ0n) is 11.7. The van der Waals surface area contributed by atoms with E-state index in [2.05, 4.69) is 32.0 Å². The number of carbonyl (C=O) groups excluding carboxylic acids is 1. The van der Waals surface area contributed by atoms with Gasteiger partial charge in [0.15, 0.2) is 0 Å². The van der Waals surface area contributed by atoms with Crippen molar-refractivity contribution in [3.05, 3.63) is 35.4 Å². The van der Waals surface area contributed by atoms with Crippen LogP contribution < -0.4 is 0 Å². The molecule has 0 spiro atoms. The summed E-state index contributed by atoms with van der Waals surface area (Å²) in [4.78, 5) is 12.3. The average Bonchev–Trinajstić information content (AvgIpc) is 2.35. The van der Waals surface area contributed by atoms with Gasteiger partial charge in [-0.05, 0) is 43.2 Å². The van der Waals surface area contributed by atoms with Gasteiger partial charge in [-0.15, -0.1) is 0 Å². The summed E-state index contributed by atoms with van der Waals surface area (Å²) in [7, 11) is 0. The molecule has 0 aromatic heterocycles. The van der Waals surface area contributed by atoms with Crippen LogP contribution in [0, 0.1) is 0 Å². The monoisotopic (exact) mass is 246 g/mol. The van der Waals surface area contributed by atoms with Crippen LogP contribution in [0.5, 0.6) is 0 Å². The second kappa shape index (κ2) is 4.42. The highest BCUT2D eigenvalue weighted by molar-refractivity contribution is 5.84. The molecule has 0 N–H and O–H groups in total. The van der Waals surface area contributed by atoms with Gasteiger partial charge in [-0.1, -0.05) is 38.1 Å². The quantitative estimate of drug-likeness (QED) is 0.746. The van der Waals surface area contributed by atoms with Crippen LogP contribution >= 0.6 is 0 Å². The van der Waals surface area contributed by atoms with Gasteiger partial charge in [0.1, 0.15) is 0 Å². The van der Waals surface area contributed by atoms with Gasteiger partial charge in [-0.3, -0.25) is 4.79 Å². The second-order valence-corrected chi connectivity index (χ2v) is 5.98. The van der Waals surface area contributed by atoms with Crippen LogP contribution in [0.15, 0.2) is 24.3 Å². The fourth-order valence-electron chi connectivity index (χ4n) is 2.89. The topological polar surface area (TPSA) is 26.3 Å². The number of rotatable bonds is 2. The molecular formula is C16H22O2. The van der Waals surface area contributed by atoms with Gasteiger partial charge in [-0.2, -0.15) is 0 Å². The fraction of sp³-hybridized carbons (Fsp3) is 0.562. The molecule has 2 nitrogen and oxygen atoms in total. The lowest BCUT2D eigenvalue weighted by Crippen LogP contribution is -2.42. The first-order chi connectivity index (χ1) is 8.42. The van der Waals surface area contributed by atoms with Crippen molar-refractivity contribution in [2.24, 2.45) is 0 Å². The number of fused-ring (bicyclic) bond motifs is 1. The highest BCUT2D eigenvalue weighted by atomic mass is 16.5. The Balaban J connectivity index is 2.51. The van der Waals surface area contributed by atoms with Crippen molar-refractivity contribution in [2.75, 3.05) is 6.61 Å². The largest absolute Gasteiger partial charge is 0.465 e. The number of ether oxygens (including phenoxy) is 1. The molecular weight excluding hydrogens is 224 g/mol. The van der Waals surface area contributed by atoms with E-state index >= 15 is 0 Å². The van der Waals surface area contributed by atoms with E-state index in [1.807, 2.05) is 19.9 Å². The molecule has 0 saturated heterocycles. The number of carbonyl (C=O) groups is 1. The zero-order chi connectivity index (χ0) is 13.4. The molecule has 1 aromatic carbocycles. The molecule has 2 rings (SSSR count). The normalized spacial score (nSPS) is 25.3. The smallest absolute Gasteiger partial charge is 0.316 e. The number of esters is 1. The van der Waals surface area contributed by atoms with E-state index in [-0.39, 0.29) is 11.4 Å². The summed E-state index contributed by atoms with van der Waals surface area (Å²) in [5, 5.41) is 0. The third-order valence-electron chi connectivity index (χ3n) is 4.23. The first-order valence-electron chi connectivity index (χ1n) is 6.69. The number of hydrogen-bond donors (Lipinski definition) is 0. The van der Waals surface area contributed by atoms with Crippen molar-refractivity contribution in [3.63, 3.8) is 0 Å². The van der Waals surface area contributed by atoms with E-state index in [4.69, 9.17) is 4.74 Å². The maximum absolute atomic E-state index is 12.3. The summed E-state index contributed by atoms with van der Waals surface area (Å²) in [5.41, 5.74) is 2.08. The molecule has 0 aliphatic heterocycles. The Morgan fingerprint density at radius 2 is 1.78 bits per heavy atom. The van der Waals surface area contributed by atoms with Crippen LogP contribution in [-0.4, -0.2) is 12.6 Å². The van der Waals surface area contributed by atoms with Crippen LogP contribution in [-0.2, 0) is 20.4 Å². The molecule has 2 heteroatoms. The molecule has 1 unspecified atom stereocenters. The molecule has 18 heavy (non-hydrogen) atoms. The molecule has 1 aromatic rings. The van der Waals surface area contributed by atoms with E-state index in [9.17, 15) is 4.79 Å². The van der Waals surface area contributed by atoms with Crippen LogP contribution in [0.25, 0.3) is 0 Å². The summed E-state index contributed by atoms with van der Waals surface area (Å²) < 4.78 is 5.27. The Morgan fingerprint density at radius 1 is 1.17 bits per heavy atom. The van der Waals surface area contributed by atoms with E-state index < -0.39 is 5.41 Å². The maximum Gasteiger partial charge on any atom is 0.316 e. The first-order valence-corrected chi connectivity index (χ1v) is 6.69. The fourth-order valence-corrected chi connectivity index (χ4v) is 2.89. The van der Waals surface area contributed by atoms with Gasteiger partial charge in [0.2, 0.25) is 0 Å². The van der Waals surface area contributed by atoms with E-state index in [0.717, 1.165) is 18.4 Å². The Kier molecular flexibility index (Phi) is 3.22. The van der Waals surface area contributed by atoms with Crippen molar-refractivity contribution in [2.45, 2.75) is 51.4 Å². The SMILES string of the molecule is CCOC(=O)C1(C)CCC(C)(C)c2ccccc21. The standard InChI is InChI=1S/C16H22O2/c1-5-18-14(17)16(4)11-10-15(2,3)12-8-6-7-9-13(12)16/h6-9H,5,10-11H2,1-4H3. The minimum atomic E-state index is -0.484. The van der Waals surface area contributed by atoms with Crippen molar-refractivity contribution < 1.29 is 9.53 Å². The van der Waals surface area contributed by atoms with Crippen LogP contribution in [0.1, 0.15) is 51.7 Å². The molecule has 1 aliphatic rings. The van der Waals surface area contributed by atoms with Crippen molar-refractivity contribution in [3.8, 4) is 0 Å². The summed E-state index contributed by atoms with van der Waals surface area (Å²) in [5.74, 6) is -0.0899. The van der Waals surface area contributed by atoms with Gasteiger partial charge < -0.3 is 4.74 Å². The van der Waals surface area contributed by atoms with Gasteiger partial charge in [-0.25, -0.2) is 0 Å². The molecule has 0 bridgehead atoms. The lowest BCUT2D eigenvalue weighted by Gasteiger charge is -2.41. The molecule has 0 heterocycles. The summed E-state index contributed by atoms with van der Waals surface area (Å²) in [6, 6.07) is 8.29. The predicted molar refractivity (Wildman–Crippen MR) is 72.7 cm³/mol. The van der Waals surface area contributed by atoms with Crippen LogP contribution in [0.4, 0.5) is 0 Å². The minimum absolute atomic E-state index is 0.0899. The predicted octanol–water partition coefficient (Wildman–Crippen LogP) is 3.58. The molecule has 1 atom stereocenters. The molecule has 0 radical (unpaired) electrons. The van der Waals surface area contributed by atoms with Gasteiger partial charge >= 0.3 is 5.97 Å². The second-order valence-electron chi connectivity index (χ2n) is 5.98. The third kappa shape index (κ3) is 1.94. The Morgan fingerprint density at radius 3 is 2.39 bits per heavy atom. The van der Waals surface area contributed by atoms with Crippen LogP contribution in [0.3, 0.4) is 0 Å². The Labute approximate surface area is 109 Å². The Hall–Kier alpha value is -1.31. The van der Waals surface area contributed by atoms with Crippen molar-refractivity contribution >= 4 is 5.97 Å². The summed E-state index contributed by atoms with van der Waals surface area (Å²) in [6.07, 6.45) is 1.87. The highest BCUT2D eigenvalue weighted by Crippen LogP contribution is 2.46. The van der Waals surface area contributed by atoms with E-state index in [1.54, 1.807) is 0 Å². The average molecular weight is 246 g/mol. The van der Waals surface area contributed by atoms with Gasteiger partial charge in [0, 0.05) is 0 Å². The lowest BCUT2D eigenvalue weighted by molar-refractivity contribution is -0.150. The minimum Gasteiger partial charge on any atom is -0.465 e. The summed E-state index contributed by atoms with van der Waals surface area (Å²) in [6.45, 7) is 8.81. The number of hydrogen-bond acceptors (Lipinski definition) is 2. The molecule has 0 amide bonds. The third-order valence-corrected chi connectivity index (χ3v) is 4.23. The van der Waals surface area contributed by atoms with Crippen LogP contribution in [0.2, 0.25) is 0 Å². The van der Waals surface area contributed by atoms with Gasteiger partial charge in [0.05, 0.1) is 12.0 Å². The first kappa shape index (κ1) is 13.1. The van der Waals surface area contributed by atoms with Crippen molar-refractivity contribution in [1.82, 2.24) is 0 Å². The molecule has 0 saturated carbocycles. The van der Waals surface area contributed by atoms with Crippen molar-refractivity contribution in [1.29, 1.82) is 0 Å². The van der Waals surface area contributed by atoms with E-state index in [1.165, 1.54) is 5.56 Å². The lowest BCUT2D eigenvalue weighted by atomic mass is 9.62. The number of benzene rings is 1. The summed E-state index contributed by atoms with van der Waals surface area (Å²) >= 11 is 0. The highest BCUT2D eigenvalue weighted by Gasteiger charge is 2.45. The molecule has 1 aliphatic carbocycles. The maximum atomic E-state index is 12.3.